The van der Waals surface area contributed by atoms with Gasteiger partial charge in [0.1, 0.15) is 5.76 Å². The third-order valence-corrected chi connectivity index (χ3v) is 7.35. The van der Waals surface area contributed by atoms with Gasteiger partial charge in [-0.3, -0.25) is 9.59 Å². The first-order valence-corrected chi connectivity index (χ1v) is 12.1. The Morgan fingerprint density at radius 2 is 2.00 bits per heavy atom. The molecule has 2 atom stereocenters. The molecule has 0 radical (unpaired) electrons. The summed E-state index contributed by atoms with van der Waals surface area (Å²) >= 11 is 0. The highest BCUT2D eigenvalue weighted by atomic mass is 16.3. The summed E-state index contributed by atoms with van der Waals surface area (Å²) in [5, 5.41) is 13.8. The van der Waals surface area contributed by atoms with Crippen molar-refractivity contribution in [2.75, 3.05) is 6.54 Å². The SMILES string of the molecule is C=C1C(C)CCCC1(C)CCC(C)=CCC1=C(O)C(NCCc2ccccc2)=CC(=O)C1=O. The molecule has 0 saturated heterocycles. The summed E-state index contributed by atoms with van der Waals surface area (Å²) in [7, 11) is 0. The zero-order valence-electron chi connectivity index (χ0n) is 20.2. The van der Waals surface area contributed by atoms with Crippen LogP contribution in [0.5, 0.6) is 0 Å². The minimum Gasteiger partial charge on any atom is -0.505 e. The Labute approximate surface area is 198 Å². The lowest BCUT2D eigenvalue weighted by molar-refractivity contribution is -0.131. The van der Waals surface area contributed by atoms with Crippen LogP contribution in [0, 0.1) is 11.3 Å². The van der Waals surface area contributed by atoms with E-state index in [0.717, 1.165) is 30.4 Å². The van der Waals surface area contributed by atoms with Crippen LogP contribution in [0.15, 0.2) is 77.2 Å². The molecule has 0 spiro atoms. The van der Waals surface area contributed by atoms with E-state index in [0.29, 0.717) is 18.2 Å². The molecule has 0 amide bonds. The highest BCUT2D eigenvalue weighted by Crippen LogP contribution is 2.46. The van der Waals surface area contributed by atoms with Gasteiger partial charge in [-0.25, -0.2) is 0 Å². The molecule has 2 aliphatic carbocycles. The minimum atomic E-state index is -0.619. The third kappa shape index (κ3) is 6.13. The second kappa shape index (κ2) is 10.8. The van der Waals surface area contributed by atoms with Gasteiger partial charge in [0.2, 0.25) is 11.6 Å². The first-order valence-electron chi connectivity index (χ1n) is 12.1. The molecule has 0 aliphatic heterocycles. The smallest absolute Gasteiger partial charge is 0.233 e. The van der Waals surface area contributed by atoms with Gasteiger partial charge in [0.05, 0.1) is 11.3 Å². The van der Waals surface area contributed by atoms with E-state index in [4.69, 9.17) is 0 Å². The van der Waals surface area contributed by atoms with Crippen molar-refractivity contribution in [2.24, 2.45) is 11.3 Å². The molecule has 1 aromatic rings. The average molecular weight is 448 g/mol. The zero-order valence-corrected chi connectivity index (χ0v) is 20.2. The number of benzene rings is 1. The van der Waals surface area contributed by atoms with E-state index in [-0.39, 0.29) is 23.2 Å². The lowest BCUT2D eigenvalue weighted by atomic mass is 9.65. The standard InChI is InChI=1S/C29H37NO3/c1-20(14-17-29(4)16-8-9-21(2)22(29)3)12-13-24-27(32)25(19-26(31)28(24)33)30-18-15-23-10-6-5-7-11-23/h5-7,10-12,19,21,30,32H,3,8-9,13-18H2,1-2,4H3. The number of allylic oxidation sites excluding steroid dienone is 5. The van der Waals surface area contributed by atoms with Crippen LogP contribution in [0.2, 0.25) is 0 Å². The molecule has 2 N–H and O–H groups in total. The Bertz CT molecular complexity index is 999. The van der Waals surface area contributed by atoms with Crippen LogP contribution >= 0.6 is 0 Å². The summed E-state index contributed by atoms with van der Waals surface area (Å²) in [5.74, 6) is -0.749. The zero-order chi connectivity index (χ0) is 24.0. The predicted octanol–water partition coefficient (Wildman–Crippen LogP) is 6.17. The van der Waals surface area contributed by atoms with E-state index in [1.807, 2.05) is 36.4 Å². The molecule has 1 saturated carbocycles. The molecule has 33 heavy (non-hydrogen) atoms. The van der Waals surface area contributed by atoms with Crippen LogP contribution in [0.1, 0.15) is 64.9 Å². The summed E-state index contributed by atoms with van der Waals surface area (Å²) in [5.41, 5.74) is 4.34. The maximum absolute atomic E-state index is 12.4. The molecule has 4 heteroatoms. The van der Waals surface area contributed by atoms with Crippen LogP contribution in [0.25, 0.3) is 0 Å². The van der Waals surface area contributed by atoms with Crippen LogP contribution in [-0.2, 0) is 16.0 Å². The minimum absolute atomic E-state index is 0.113. The summed E-state index contributed by atoms with van der Waals surface area (Å²) < 4.78 is 0. The predicted molar refractivity (Wildman–Crippen MR) is 134 cm³/mol. The highest BCUT2D eigenvalue weighted by Gasteiger charge is 2.33. The van der Waals surface area contributed by atoms with Crippen molar-refractivity contribution in [2.45, 2.75) is 65.7 Å². The molecule has 0 heterocycles. The van der Waals surface area contributed by atoms with Gasteiger partial charge in [0.15, 0.2) is 0 Å². The van der Waals surface area contributed by atoms with Gasteiger partial charge >= 0.3 is 0 Å². The molecule has 176 valence electrons. The molecule has 2 unspecified atom stereocenters. The number of aliphatic hydroxyl groups excluding tert-OH is 1. The molecular weight excluding hydrogens is 410 g/mol. The van der Waals surface area contributed by atoms with Gasteiger partial charge in [0.25, 0.3) is 0 Å². The molecule has 2 aliphatic rings. The van der Waals surface area contributed by atoms with Gasteiger partial charge < -0.3 is 10.4 Å². The fourth-order valence-electron chi connectivity index (χ4n) is 4.86. The van der Waals surface area contributed by atoms with Crippen LogP contribution in [0.4, 0.5) is 0 Å². The van der Waals surface area contributed by atoms with Crippen LogP contribution < -0.4 is 5.32 Å². The molecular formula is C29H37NO3. The third-order valence-electron chi connectivity index (χ3n) is 7.35. The summed E-state index contributed by atoms with van der Waals surface area (Å²) in [4.78, 5) is 24.7. The van der Waals surface area contributed by atoms with Crippen LogP contribution in [-0.4, -0.2) is 23.2 Å². The number of carbonyl (C=O) groups excluding carboxylic acids is 2. The molecule has 0 bridgehead atoms. The number of hydrogen-bond acceptors (Lipinski definition) is 4. The number of Topliss-reactive ketones (excluding diaryl/α,β-unsaturated/α-hetero) is 1. The van der Waals surface area contributed by atoms with Gasteiger partial charge in [-0.1, -0.05) is 74.4 Å². The maximum atomic E-state index is 12.4. The van der Waals surface area contributed by atoms with Crippen molar-refractivity contribution in [3.63, 3.8) is 0 Å². The lowest BCUT2D eigenvalue weighted by Crippen LogP contribution is -2.28. The monoisotopic (exact) mass is 447 g/mol. The van der Waals surface area contributed by atoms with Gasteiger partial charge in [-0.15, -0.1) is 0 Å². The second-order valence-electron chi connectivity index (χ2n) is 9.87. The molecule has 4 nitrogen and oxygen atoms in total. The first-order chi connectivity index (χ1) is 15.7. The topological polar surface area (TPSA) is 66.4 Å². The van der Waals surface area contributed by atoms with E-state index in [9.17, 15) is 14.7 Å². The van der Waals surface area contributed by atoms with E-state index in [1.54, 1.807) is 0 Å². The van der Waals surface area contributed by atoms with Crippen molar-refractivity contribution in [3.8, 4) is 0 Å². The Balaban J connectivity index is 1.61. The van der Waals surface area contributed by atoms with E-state index >= 15 is 0 Å². The normalized spacial score (nSPS) is 24.2. The summed E-state index contributed by atoms with van der Waals surface area (Å²) in [6, 6.07) is 9.99. The number of ketones is 2. The maximum Gasteiger partial charge on any atom is 0.233 e. The number of aliphatic hydroxyl groups is 1. The van der Waals surface area contributed by atoms with E-state index in [2.05, 4.69) is 32.7 Å². The highest BCUT2D eigenvalue weighted by molar-refractivity contribution is 6.48. The lowest BCUT2D eigenvalue weighted by Gasteiger charge is -2.40. The fraction of sp³-hybridized carbons (Fsp3) is 0.448. The quantitative estimate of drug-likeness (QED) is 0.270. The summed E-state index contributed by atoms with van der Waals surface area (Å²) in [6.07, 6.45) is 9.77. The van der Waals surface area contributed by atoms with Gasteiger partial charge in [0, 0.05) is 12.6 Å². The Kier molecular flexibility index (Phi) is 8.12. The number of rotatable bonds is 9. The molecule has 3 rings (SSSR count). The van der Waals surface area contributed by atoms with Crippen molar-refractivity contribution < 1.29 is 14.7 Å². The van der Waals surface area contributed by atoms with Gasteiger partial charge in [-0.05, 0) is 62.3 Å². The largest absolute Gasteiger partial charge is 0.505 e. The number of hydrogen-bond donors (Lipinski definition) is 2. The molecule has 0 aromatic heterocycles. The summed E-state index contributed by atoms with van der Waals surface area (Å²) in [6.45, 7) is 11.6. The van der Waals surface area contributed by atoms with Crippen molar-refractivity contribution >= 4 is 11.6 Å². The Hall–Kier alpha value is -2.88. The number of carbonyl (C=O) groups is 2. The van der Waals surface area contributed by atoms with E-state index < -0.39 is 11.6 Å². The van der Waals surface area contributed by atoms with E-state index in [1.165, 1.54) is 30.9 Å². The second-order valence-corrected chi connectivity index (χ2v) is 9.87. The first kappa shape index (κ1) is 24.8. The Morgan fingerprint density at radius 1 is 1.27 bits per heavy atom. The van der Waals surface area contributed by atoms with Crippen molar-refractivity contribution in [3.05, 3.63) is 82.8 Å². The fourth-order valence-corrected chi connectivity index (χ4v) is 4.86. The molecule has 1 aromatic carbocycles. The molecule has 1 fully saturated rings. The number of nitrogens with one attached hydrogen (secondary N) is 1. The van der Waals surface area contributed by atoms with Crippen molar-refractivity contribution in [1.82, 2.24) is 5.32 Å². The van der Waals surface area contributed by atoms with Gasteiger partial charge in [-0.2, -0.15) is 0 Å². The van der Waals surface area contributed by atoms with Crippen LogP contribution in [0.3, 0.4) is 0 Å². The average Bonchev–Trinajstić information content (AvgIpc) is 2.80. The Morgan fingerprint density at radius 3 is 2.73 bits per heavy atom. The van der Waals surface area contributed by atoms with Crippen molar-refractivity contribution in [1.29, 1.82) is 0 Å².